The summed E-state index contributed by atoms with van der Waals surface area (Å²) in [5, 5.41) is 11.3. The number of esters is 1. The largest absolute Gasteiger partial charge is 0.478 e. The van der Waals surface area contributed by atoms with E-state index in [4.69, 9.17) is 9.84 Å². The fraction of sp³-hybridized carbons (Fsp3) is 0.100. The van der Waals surface area contributed by atoms with Crippen molar-refractivity contribution in [2.24, 2.45) is 0 Å². The van der Waals surface area contributed by atoms with Gasteiger partial charge in [0.15, 0.2) is 6.23 Å². The average Bonchev–Trinajstić information content (AvgIpc) is 3.23. The summed E-state index contributed by atoms with van der Waals surface area (Å²) >= 11 is 0.888. The maximum Gasteiger partial charge on any atom is 0.332 e. The van der Waals surface area contributed by atoms with Crippen LogP contribution in [0.1, 0.15) is 11.1 Å². The molecule has 0 bridgehead atoms. The number of carboxylic acids is 1. The number of nitrogens with zero attached hydrogens (tertiary/aromatic N) is 2. The van der Waals surface area contributed by atoms with Gasteiger partial charge in [0.1, 0.15) is 0 Å². The Morgan fingerprint density at radius 2 is 2.00 bits per heavy atom. The van der Waals surface area contributed by atoms with Crippen molar-refractivity contribution < 1.29 is 32.2 Å². The van der Waals surface area contributed by atoms with Crippen molar-refractivity contribution in [3.05, 3.63) is 71.9 Å². The van der Waals surface area contributed by atoms with E-state index >= 15 is 0 Å². The van der Waals surface area contributed by atoms with Gasteiger partial charge in [0.2, 0.25) is 15.8 Å². The molecule has 3 aromatic heterocycles. The molecular weight excluding hydrogens is 461 g/mol. The number of sulfone groups is 1. The molecule has 0 amide bonds. The van der Waals surface area contributed by atoms with E-state index in [0.29, 0.717) is 6.08 Å². The van der Waals surface area contributed by atoms with E-state index < -0.39 is 34.0 Å². The van der Waals surface area contributed by atoms with Gasteiger partial charge in [-0.15, -0.1) is 11.3 Å². The van der Waals surface area contributed by atoms with Crippen LogP contribution >= 0.6 is 11.3 Å². The summed E-state index contributed by atoms with van der Waals surface area (Å²) in [5.74, 6) is -3.17. The van der Waals surface area contributed by atoms with Crippen molar-refractivity contribution in [1.82, 2.24) is 15.3 Å². The molecule has 32 heavy (non-hydrogen) atoms. The molecule has 0 aromatic carbocycles. The number of carbonyl (C=O) groups excluding carboxylic acids is 1. The maximum absolute atomic E-state index is 14.4. The van der Waals surface area contributed by atoms with E-state index in [9.17, 15) is 22.4 Å². The Labute approximate surface area is 186 Å². The van der Waals surface area contributed by atoms with Crippen molar-refractivity contribution in [2.45, 2.75) is 16.0 Å². The minimum Gasteiger partial charge on any atom is -0.478 e. The molecule has 3 heterocycles. The molecule has 1 unspecified atom stereocenters. The van der Waals surface area contributed by atoms with E-state index in [2.05, 4.69) is 15.3 Å². The van der Waals surface area contributed by atoms with Crippen LogP contribution in [0.15, 0.2) is 70.9 Å². The number of nitrogens with one attached hydrogen (secondary N) is 1. The minimum atomic E-state index is -4.11. The monoisotopic (exact) mass is 477 g/mol. The summed E-state index contributed by atoms with van der Waals surface area (Å²) in [6, 6.07) is 6.93. The van der Waals surface area contributed by atoms with Gasteiger partial charge >= 0.3 is 11.9 Å². The van der Waals surface area contributed by atoms with E-state index in [0.717, 1.165) is 17.4 Å². The molecule has 12 heteroatoms. The molecule has 0 radical (unpaired) electrons. The third kappa shape index (κ3) is 5.04. The molecular formula is C20H16FN3O6S2. The Hall–Kier alpha value is -3.48. The van der Waals surface area contributed by atoms with Gasteiger partial charge in [-0.2, -0.15) is 4.39 Å². The van der Waals surface area contributed by atoms with Crippen LogP contribution in [-0.2, 0) is 24.2 Å². The Morgan fingerprint density at radius 3 is 2.62 bits per heavy atom. The highest BCUT2D eigenvalue weighted by Crippen LogP contribution is 2.41. The molecule has 2 N–H and O–H groups in total. The van der Waals surface area contributed by atoms with Crippen molar-refractivity contribution >= 4 is 33.1 Å². The molecule has 166 valence electrons. The second kappa shape index (κ2) is 9.77. The van der Waals surface area contributed by atoms with Crippen LogP contribution in [0.2, 0.25) is 0 Å². The van der Waals surface area contributed by atoms with Crippen molar-refractivity contribution in [3.63, 3.8) is 0 Å². The first kappa shape index (κ1) is 23.2. The molecule has 0 aliphatic carbocycles. The fourth-order valence-corrected chi connectivity index (χ4v) is 5.63. The Bertz CT molecular complexity index is 1280. The van der Waals surface area contributed by atoms with Crippen LogP contribution < -0.4 is 5.32 Å². The Kier molecular flexibility index (Phi) is 7.08. The predicted molar refractivity (Wildman–Crippen MR) is 112 cm³/mol. The number of rotatable bonds is 8. The summed E-state index contributed by atoms with van der Waals surface area (Å²) < 4.78 is 46.2. The number of aliphatic carboxylic acids is 1. The maximum atomic E-state index is 14.4. The molecule has 0 saturated carbocycles. The van der Waals surface area contributed by atoms with Gasteiger partial charge in [0, 0.05) is 36.3 Å². The number of halogens is 1. The quantitative estimate of drug-likeness (QED) is 0.217. The van der Waals surface area contributed by atoms with Gasteiger partial charge in [0.25, 0.3) is 0 Å². The Balaban J connectivity index is 2.12. The van der Waals surface area contributed by atoms with Crippen LogP contribution in [0.5, 0.6) is 0 Å². The first-order valence-electron chi connectivity index (χ1n) is 8.92. The molecule has 0 spiro atoms. The number of ether oxygens (including phenoxy) is 1. The highest BCUT2D eigenvalue weighted by Gasteiger charge is 2.29. The highest BCUT2D eigenvalue weighted by molar-refractivity contribution is 7.91. The normalized spacial score (nSPS) is 12.6. The number of carbonyl (C=O) groups is 2. The number of pyridine rings is 2. The smallest absolute Gasteiger partial charge is 0.332 e. The number of hydrogen-bond donors (Lipinski definition) is 2. The second-order valence-corrected chi connectivity index (χ2v) is 9.16. The lowest BCUT2D eigenvalue weighted by atomic mass is 10.2. The molecule has 3 rings (SSSR count). The summed E-state index contributed by atoms with van der Waals surface area (Å²) in [4.78, 5) is 29.9. The van der Waals surface area contributed by atoms with Crippen LogP contribution in [0.25, 0.3) is 10.4 Å². The SMILES string of the molecule is CNC(OC(=O)/C=C/C(=O)O)c1cc(S(=O)(=O)c2cccnc2)c(-c2cccnc2F)s1. The molecule has 3 aromatic rings. The lowest BCUT2D eigenvalue weighted by molar-refractivity contribution is -0.145. The number of aromatic nitrogens is 2. The van der Waals surface area contributed by atoms with Crippen LogP contribution in [0.3, 0.4) is 0 Å². The molecule has 0 fully saturated rings. The van der Waals surface area contributed by atoms with Gasteiger partial charge < -0.3 is 9.84 Å². The first-order valence-corrected chi connectivity index (χ1v) is 11.2. The highest BCUT2D eigenvalue weighted by atomic mass is 32.2. The number of carboxylic acid groups (broad SMARTS) is 1. The van der Waals surface area contributed by atoms with Crippen LogP contribution in [-0.4, -0.2) is 42.5 Å². The minimum absolute atomic E-state index is 0.0434. The predicted octanol–water partition coefficient (Wildman–Crippen LogP) is 2.58. The molecule has 0 aliphatic rings. The number of hydrogen-bond acceptors (Lipinski definition) is 9. The Morgan fingerprint density at radius 1 is 1.25 bits per heavy atom. The summed E-state index contributed by atoms with van der Waals surface area (Å²) in [6.45, 7) is 0. The zero-order valence-corrected chi connectivity index (χ0v) is 18.1. The van der Waals surface area contributed by atoms with E-state index in [1.165, 1.54) is 56.0 Å². The first-order chi connectivity index (χ1) is 15.2. The van der Waals surface area contributed by atoms with E-state index in [1.54, 1.807) is 0 Å². The van der Waals surface area contributed by atoms with Crippen LogP contribution in [0, 0.1) is 5.95 Å². The van der Waals surface area contributed by atoms with E-state index in [-0.39, 0.29) is 25.1 Å². The number of thiophene rings is 1. The van der Waals surface area contributed by atoms with Gasteiger partial charge in [-0.3, -0.25) is 10.3 Å². The summed E-state index contributed by atoms with van der Waals surface area (Å²) in [5.41, 5.74) is -0.0434. The standard InChI is InChI=1S/C20H16FN3O6S2/c1-22-20(30-17(27)7-6-16(25)26)14-10-15(32(28,29)12-4-2-8-23-11-12)18(31-14)13-5-3-9-24-19(13)21/h2-11,20,22H,1H3,(H,25,26)/b7-6+. The van der Waals surface area contributed by atoms with Crippen molar-refractivity contribution in [3.8, 4) is 10.4 Å². The van der Waals surface area contributed by atoms with Crippen LogP contribution in [0.4, 0.5) is 4.39 Å². The summed E-state index contributed by atoms with van der Waals surface area (Å²) in [7, 11) is -2.66. The molecule has 1 atom stereocenters. The molecule has 0 aliphatic heterocycles. The third-order valence-corrected chi connectivity index (χ3v) is 7.18. The molecule has 0 saturated heterocycles. The van der Waals surface area contributed by atoms with Gasteiger partial charge in [-0.05, 0) is 37.4 Å². The van der Waals surface area contributed by atoms with Crippen molar-refractivity contribution in [1.29, 1.82) is 0 Å². The second-order valence-electron chi connectivity index (χ2n) is 6.15. The molecule has 9 nitrogen and oxygen atoms in total. The average molecular weight is 477 g/mol. The lowest BCUT2D eigenvalue weighted by Gasteiger charge is -2.14. The summed E-state index contributed by atoms with van der Waals surface area (Å²) in [6.07, 6.45) is 4.02. The van der Waals surface area contributed by atoms with Crippen molar-refractivity contribution in [2.75, 3.05) is 7.05 Å². The third-order valence-electron chi connectivity index (χ3n) is 4.07. The van der Waals surface area contributed by atoms with E-state index in [1.807, 2.05) is 0 Å². The van der Waals surface area contributed by atoms with Gasteiger partial charge in [-0.25, -0.2) is 23.0 Å². The van der Waals surface area contributed by atoms with Gasteiger partial charge in [-0.1, -0.05) is 0 Å². The lowest BCUT2D eigenvalue weighted by Crippen LogP contribution is -2.21. The zero-order valence-electron chi connectivity index (χ0n) is 16.4. The topological polar surface area (TPSA) is 136 Å². The van der Waals surface area contributed by atoms with Gasteiger partial charge in [0.05, 0.1) is 19.5 Å². The fourth-order valence-electron chi connectivity index (χ4n) is 2.65. The zero-order chi connectivity index (χ0) is 23.3.